The van der Waals surface area contributed by atoms with E-state index in [1.54, 1.807) is 6.92 Å². The van der Waals surface area contributed by atoms with E-state index in [-0.39, 0.29) is 28.2 Å². The van der Waals surface area contributed by atoms with Gasteiger partial charge in [-0.3, -0.25) is 14.9 Å². The number of nitrogens with one attached hydrogen (secondary N) is 2. The second kappa shape index (κ2) is 12.1. The summed E-state index contributed by atoms with van der Waals surface area (Å²) in [5.74, 6) is -3.76. The number of aliphatic carboxylic acids is 1. The molecular formula is C20H19FN4O8. The minimum atomic E-state index is -1.11. The van der Waals surface area contributed by atoms with E-state index >= 15 is 0 Å². The monoisotopic (exact) mass is 462 g/mol. The molecule has 0 bridgehead atoms. The number of rotatable bonds is 7. The van der Waals surface area contributed by atoms with E-state index in [0.29, 0.717) is 6.42 Å². The van der Waals surface area contributed by atoms with Crippen molar-refractivity contribution in [2.24, 2.45) is 5.73 Å². The van der Waals surface area contributed by atoms with E-state index in [9.17, 15) is 33.7 Å². The van der Waals surface area contributed by atoms with Gasteiger partial charge in [0, 0.05) is 29.5 Å². The number of nitro benzene ring substituents is 1. The Balaban J connectivity index is 0.000000461. The van der Waals surface area contributed by atoms with Crippen LogP contribution in [0.15, 0.2) is 54.1 Å². The molecule has 0 fully saturated rings. The third-order valence-electron chi connectivity index (χ3n) is 3.77. The number of non-ortho nitro benzene ring substituents is 1. The van der Waals surface area contributed by atoms with E-state index in [1.165, 1.54) is 24.3 Å². The molecule has 12 nitrogen and oxygen atoms in total. The van der Waals surface area contributed by atoms with Crippen LogP contribution < -0.4 is 16.4 Å². The second-order valence-electron chi connectivity index (χ2n) is 6.11. The van der Waals surface area contributed by atoms with Crippen molar-refractivity contribution in [3.8, 4) is 0 Å². The molecule has 6 N–H and O–H groups in total. The molecule has 0 spiro atoms. The molecule has 0 aliphatic rings. The maximum atomic E-state index is 13.5. The molecule has 0 heterocycles. The van der Waals surface area contributed by atoms with Crippen LogP contribution in [-0.2, 0) is 9.59 Å². The first-order valence-corrected chi connectivity index (χ1v) is 9.03. The highest BCUT2D eigenvalue weighted by Crippen LogP contribution is 2.21. The number of nitrogens with zero attached hydrogens (tertiary/aromatic N) is 1. The van der Waals surface area contributed by atoms with Gasteiger partial charge in [-0.2, -0.15) is 0 Å². The van der Waals surface area contributed by atoms with Crippen LogP contribution in [0.1, 0.15) is 23.7 Å². The molecule has 13 heteroatoms. The summed E-state index contributed by atoms with van der Waals surface area (Å²) in [5.41, 5.74) is 4.36. The van der Waals surface area contributed by atoms with Gasteiger partial charge in [0.15, 0.2) is 0 Å². The zero-order valence-corrected chi connectivity index (χ0v) is 17.1. The highest BCUT2D eigenvalue weighted by molar-refractivity contribution is 6.00. The average molecular weight is 462 g/mol. The molecular weight excluding hydrogens is 443 g/mol. The first-order chi connectivity index (χ1) is 15.4. The Kier molecular flexibility index (Phi) is 9.65. The van der Waals surface area contributed by atoms with Gasteiger partial charge in [0.25, 0.3) is 5.69 Å². The third kappa shape index (κ3) is 8.84. The Hall–Kier alpha value is -4.81. The average Bonchev–Trinajstić information content (AvgIpc) is 2.73. The topological polar surface area (TPSA) is 202 Å². The molecule has 2 rings (SSSR count). The fourth-order valence-electron chi connectivity index (χ4n) is 2.19. The summed E-state index contributed by atoms with van der Waals surface area (Å²) < 4.78 is 13.5. The number of carbonyl (C=O) groups excluding carboxylic acids is 2. The number of anilines is 2. The van der Waals surface area contributed by atoms with Gasteiger partial charge in [-0.05, 0) is 36.8 Å². The van der Waals surface area contributed by atoms with Gasteiger partial charge in [0.05, 0.1) is 16.2 Å². The van der Waals surface area contributed by atoms with Gasteiger partial charge in [-0.25, -0.2) is 18.8 Å². The summed E-state index contributed by atoms with van der Waals surface area (Å²) in [6, 6.07) is 7.19. The molecule has 0 atom stereocenters. The summed E-state index contributed by atoms with van der Waals surface area (Å²) in [5, 5.41) is 32.2. The molecule has 0 saturated heterocycles. The summed E-state index contributed by atoms with van der Waals surface area (Å²) in [6.07, 6.45) is 1.22. The molecule has 174 valence electrons. The van der Waals surface area contributed by atoms with Crippen LogP contribution in [0.4, 0.5) is 26.2 Å². The molecule has 0 aliphatic heterocycles. The van der Waals surface area contributed by atoms with Crippen molar-refractivity contribution >= 4 is 40.9 Å². The van der Waals surface area contributed by atoms with Crippen molar-refractivity contribution in [2.75, 3.05) is 10.6 Å². The quantitative estimate of drug-likeness (QED) is 0.234. The zero-order chi connectivity index (χ0) is 25.1. The van der Waals surface area contributed by atoms with Crippen molar-refractivity contribution in [3.63, 3.8) is 0 Å². The normalized spacial score (nSPS) is 10.3. The van der Waals surface area contributed by atoms with Gasteiger partial charge in [0.2, 0.25) is 5.91 Å². The van der Waals surface area contributed by atoms with Crippen LogP contribution in [0.25, 0.3) is 0 Å². The Morgan fingerprint density at radius 1 is 1.09 bits per heavy atom. The molecule has 2 aromatic carbocycles. The highest BCUT2D eigenvalue weighted by Gasteiger charge is 2.13. The number of nitrogens with two attached hydrogens (primary N) is 1. The molecule has 3 amide bonds. The summed E-state index contributed by atoms with van der Waals surface area (Å²) >= 11 is 0. The summed E-state index contributed by atoms with van der Waals surface area (Å²) in [6.45, 7) is 1.64. The highest BCUT2D eigenvalue weighted by atomic mass is 19.1. The zero-order valence-electron chi connectivity index (χ0n) is 17.1. The smallest absolute Gasteiger partial charge is 0.335 e. The molecule has 0 aromatic heterocycles. The first kappa shape index (κ1) is 26.2. The van der Waals surface area contributed by atoms with Crippen molar-refractivity contribution in [3.05, 3.63) is 75.6 Å². The maximum Gasteiger partial charge on any atom is 0.335 e. The molecule has 2 aromatic rings. The number of nitro groups is 1. The molecule has 0 aliphatic carbocycles. The number of carboxylic acid groups (broad SMARTS) is 2. The fraction of sp³-hybridized carbons (Fsp3) is 0.100. The molecule has 0 saturated carbocycles. The van der Waals surface area contributed by atoms with Crippen molar-refractivity contribution < 1.29 is 38.7 Å². The number of carbonyl (C=O) groups is 4. The maximum absolute atomic E-state index is 13.5. The van der Waals surface area contributed by atoms with Crippen molar-refractivity contribution in [1.29, 1.82) is 0 Å². The number of hydrogen-bond donors (Lipinski definition) is 5. The van der Waals surface area contributed by atoms with Crippen molar-refractivity contribution in [2.45, 2.75) is 13.3 Å². The summed E-state index contributed by atoms with van der Waals surface area (Å²) in [7, 11) is 0. The van der Waals surface area contributed by atoms with Gasteiger partial charge >= 0.3 is 18.0 Å². The van der Waals surface area contributed by atoms with E-state index in [2.05, 4.69) is 10.6 Å². The van der Waals surface area contributed by atoms with E-state index in [1.807, 2.05) is 0 Å². The Bertz CT molecular complexity index is 1100. The van der Waals surface area contributed by atoms with Crippen molar-refractivity contribution in [1.82, 2.24) is 0 Å². The Morgan fingerprint density at radius 2 is 1.70 bits per heavy atom. The first-order valence-electron chi connectivity index (χ1n) is 9.03. The van der Waals surface area contributed by atoms with Crippen LogP contribution in [-0.4, -0.2) is 39.0 Å². The lowest BCUT2D eigenvalue weighted by Gasteiger charge is -2.08. The largest absolute Gasteiger partial charge is 0.478 e. The van der Waals surface area contributed by atoms with Crippen LogP contribution >= 0.6 is 0 Å². The van der Waals surface area contributed by atoms with E-state index < -0.39 is 34.6 Å². The Labute approximate surface area is 185 Å². The van der Waals surface area contributed by atoms with Gasteiger partial charge in [-0.15, -0.1) is 0 Å². The van der Waals surface area contributed by atoms with Crippen LogP contribution in [0.3, 0.4) is 0 Å². The van der Waals surface area contributed by atoms with Gasteiger partial charge in [0.1, 0.15) is 5.82 Å². The molecule has 0 radical (unpaired) electrons. The molecule has 33 heavy (non-hydrogen) atoms. The van der Waals surface area contributed by atoms with E-state index in [4.69, 9.17) is 15.9 Å². The predicted molar refractivity (Wildman–Crippen MR) is 114 cm³/mol. The number of primary amides is 1. The lowest BCUT2D eigenvalue weighted by atomic mass is 10.2. The minimum Gasteiger partial charge on any atom is -0.478 e. The Morgan fingerprint density at radius 3 is 2.12 bits per heavy atom. The van der Waals surface area contributed by atoms with Gasteiger partial charge in [-0.1, -0.05) is 6.92 Å². The number of urea groups is 1. The minimum absolute atomic E-state index is 0.0347. The molecule has 0 unspecified atom stereocenters. The number of amides is 3. The third-order valence-corrected chi connectivity index (χ3v) is 3.77. The lowest BCUT2D eigenvalue weighted by molar-refractivity contribution is -0.384. The van der Waals surface area contributed by atoms with Crippen LogP contribution in [0.5, 0.6) is 0 Å². The van der Waals surface area contributed by atoms with E-state index in [0.717, 1.165) is 24.3 Å². The fourth-order valence-corrected chi connectivity index (χ4v) is 2.19. The number of halogens is 1. The van der Waals surface area contributed by atoms with Crippen LogP contribution in [0, 0.1) is 15.9 Å². The number of aromatic carboxylic acids is 1. The standard InChI is InChI=1S/C14H10FN3O5.C6H9NO3/c15-11-6-5-10(18(22)23)7-12(11)17-14(21)16-9-3-1-8(2-4-9)13(19)20;1-2-4(6(9)10)3-5(7)8/h1-7H,(H,19,20)(H2,16,17,21);3H,2H2,1H3,(H2,7,8)(H,9,10). The number of hydrogen-bond acceptors (Lipinski definition) is 6. The predicted octanol–water partition coefficient (Wildman–Crippen LogP) is 2.97. The SMILES string of the molecule is CCC(=CC(N)=O)C(=O)O.O=C(Nc1ccc(C(=O)O)cc1)Nc1cc([N+](=O)[O-])ccc1F. The lowest BCUT2D eigenvalue weighted by Crippen LogP contribution is -2.20. The summed E-state index contributed by atoms with van der Waals surface area (Å²) in [4.78, 5) is 52.7. The van der Waals surface area contributed by atoms with Gasteiger partial charge < -0.3 is 26.6 Å². The van der Waals surface area contributed by atoms with Crippen LogP contribution in [0.2, 0.25) is 0 Å². The number of carboxylic acids is 2. The second-order valence-corrected chi connectivity index (χ2v) is 6.11. The number of benzene rings is 2.